The van der Waals surface area contributed by atoms with E-state index in [0.29, 0.717) is 19.0 Å². The Morgan fingerprint density at radius 3 is 3.03 bits per heavy atom. The highest BCUT2D eigenvalue weighted by Crippen LogP contribution is 2.25. The van der Waals surface area contributed by atoms with Gasteiger partial charge in [-0.3, -0.25) is 0 Å². The van der Waals surface area contributed by atoms with Crippen molar-refractivity contribution in [2.45, 2.75) is 51.6 Å². The van der Waals surface area contributed by atoms with Gasteiger partial charge in [-0.05, 0) is 60.8 Å². The molecule has 1 aromatic heterocycles. The average Bonchev–Trinajstić information content (AvgIpc) is 3.27. The van der Waals surface area contributed by atoms with Gasteiger partial charge < -0.3 is 15.0 Å². The zero-order chi connectivity index (χ0) is 21.2. The van der Waals surface area contributed by atoms with Crippen molar-refractivity contribution in [3.05, 3.63) is 64.2 Å². The van der Waals surface area contributed by atoms with E-state index in [1.54, 1.807) is 0 Å². The van der Waals surface area contributed by atoms with Crippen LogP contribution in [0.25, 0.3) is 6.08 Å². The van der Waals surface area contributed by atoms with Gasteiger partial charge in [0.15, 0.2) is 0 Å². The minimum absolute atomic E-state index is 0.0265. The zero-order valence-corrected chi connectivity index (χ0v) is 18.1. The predicted octanol–water partition coefficient (Wildman–Crippen LogP) is 3.84. The van der Waals surface area contributed by atoms with E-state index in [9.17, 15) is 4.79 Å². The maximum Gasteiger partial charge on any atom is 0.318 e. The van der Waals surface area contributed by atoms with Crippen molar-refractivity contribution in [2.75, 3.05) is 19.8 Å². The summed E-state index contributed by atoms with van der Waals surface area (Å²) in [5.74, 6) is 1.49. The molecule has 162 valence electrons. The van der Waals surface area contributed by atoms with Gasteiger partial charge in [0.2, 0.25) is 0 Å². The first kappa shape index (κ1) is 20.2. The van der Waals surface area contributed by atoms with E-state index in [0.717, 1.165) is 62.4 Å². The fourth-order valence-electron chi connectivity index (χ4n) is 4.73. The van der Waals surface area contributed by atoms with Gasteiger partial charge in [-0.15, -0.1) is 0 Å². The Hall–Kier alpha value is -2.73. The first-order valence-electron chi connectivity index (χ1n) is 11.4. The number of hydrogen-bond acceptors (Lipinski definition) is 4. The number of carbonyl (C=O) groups is 1. The molecule has 3 heterocycles. The molecule has 0 radical (unpaired) electrons. The molecule has 5 rings (SSSR count). The highest BCUT2D eigenvalue weighted by molar-refractivity contribution is 5.75. The molecule has 1 fully saturated rings. The standard InChI is InChI=1S/C25H30N4O2/c1-17(20-6-5-19-3-2-4-21(19)14-20)27-25(30)29-10-7-22-15-26-24(28-23(22)16-29)13-18-8-11-31-12-9-18/h2-3,5-6,14-15,17-18H,4,7-13,16H2,1H3,(H,27,30)/t17-/m1/s1. The van der Waals surface area contributed by atoms with Crippen LogP contribution in [0.15, 0.2) is 30.5 Å². The van der Waals surface area contributed by atoms with Crippen molar-refractivity contribution in [1.29, 1.82) is 0 Å². The summed E-state index contributed by atoms with van der Waals surface area (Å²) in [6.45, 7) is 4.96. The van der Waals surface area contributed by atoms with Crippen molar-refractivity contribution in [1.82, 2.24) is 20.2 Å². The fourth-order valence-corrected chi connectivity index (χ4v) is 4.73. The van der Waals surface area contributed by atoms with E-state index in [2.05, 4.69) is 40.7 Å². The van der Waals surface area contributed by atoms with Gasteiger partial charge in [0.05, 0.1) is 18.3 Å². The number of nitrogens with one attached hydrogen (secondary N) is 1. The summed E-state index contributed by atoms with van der Waals surface area (Å²) < 4.78 is 5.46. The van der Waals surface area contributed by atoms with E-state index >= 15 is 0 Å². The maximum absolute atomic E-state index is 13.0. The van der Waals surface area contributed by atoms with E-state index in [1.807, 2.05) is 18.0 Å². The molecular weight excluding hydrogens is 388 g/mol. The van der Waals surface area contributed by atoms with Gasteiger partial charge >= 0.3 is 6.03 Å². The van der Waals surface area contributed by atoms with E-state index in [1.165, 1.54) is 16.7 Å². The molecule has 0 bridgehead atoms. The van der Waals surface area contributed by atoms with Crippen LogP contribution in [0.4, 0.5) is 4.79 Å². The van der Waals surface area contributed by atoms with Crippen LogP contribution in [0.3, 0.4) is 0 Å². The Labute approximate surface area is 183 Å². The minimum Gasteiger partial charge on any atom is -0.381 e. The lowest BCUT2D eigenvalue weighted by atomic mass is 9.96. The number of benzene rings is 1. The lowest BCUT2D eigenvalue weighted by molar-refractivity contribution is 0.0659. The summed E-state index contributed by atoms with van der Waals surface area (Å²) in [7, 11) is 0. The van der Waals surface area contributed by atoms with Gasteiger partial charge in [0, 0.05) is 32.4 Å². The predicted molar refractivity (Wildman–Crippen MR) is 120 cm³/mol. The van der Waals surface area contributed by atoms with Crippen LogP contribution in [-0.4, -0.2) is 40.7 Å². The number of allylic oxidation sites excluding steroid dienone is 1. The topological polar surface area (TPSA) is 67.4 Å². The van der Waals surface area contributed by atoms with Crippen molar-refractivity contribution >= 4 is 12.1 Å². The summed E-state index contributed by atoms with van der Waals surface area (Å²) >= 11 is 0. The van der Waals surface area contributed by atoms with E-state index < -0.39 is 0 Å². The van der Waals surface area contributed by atoms with E-state index in [4.69, 9.17) is 9.72 Å². The minimum atomic E-state index is -0.0331. The fraction of sp³-hybridized carbons (Fsp3) is 0.480. The Morgan fingerprint density at radius 2 is 2.16 bits per heavy atom. The second kappa shape index (κ2) is 8.79. The first-order chi connectivity index (χ1) is 15.2. The number of rotatable bonds is 4. The monoisotopic (exact) mass is 418 g/mol. The molecule has 0 saturated carbocycles. The van der Waals surface area contributed by atoms with Gasteiger partial charge in [-0.2, -0.15) is 0 Å². The first-order valence-corrected chi connectivity index (χ1v) is 11.4. The van der Waals surface area contributed by atoms with Crippen molar-refractivity contribution in [2.24, 2.45) is 5.92 Å². The number of urea groups is 1. The molecule has 1 saturated heterocycles. The van der Waals surface area contributed by atoms with Crippen LogP contribution in [-0.2, 0) is 30.5 Å². The molecule has 1 aliphatic carbocycles. The average molecular weight is 419 g/mol. The van der Waals surface area contributed by atoms with Crippen LogP contribution < -0.4 is 5.32 Å². The molecule has 3 aliphatic rings. The summed E-state index contributed by atoms with van der Waals surface area (Å²) in [5, 5.41) is 3.18. The molecule has 6 heteroatoms. The third-order valence-electron chi connectivity index (χ3n) is 6.74. The molecule has 0 unspecified atom stereocenters. The smallest absolute Gasteiger partial charge is 0.318 e. The number of aromatic nitrogens is 2. The molecule has 2 aliphatic heterocycles. The molecule has 31 heavy (non-hydrogen) atoms. The Morgan fingerprint density at radius 1 is 1.29 bits per heavy atom. The SMILES string of the molecule is C[C@@H](NC(=O)N1CCc2cnc(CC3CCOCC3)nc2C1)c1ccc2c(c1)CC=C2. The molecule has 2 amide bonds. The molecular formula is C25H30N4O2. The van der Waals surface area contributed by atoms with Crippen LogP contribution in [0.1, 0.15) is 59.6 Å². The third kappa shape index (κ3) is 4.49. The molecule has 2 aromatic rings. The van der Waals surface area contributed by atoms with Crippen LogP contribution in [0.5, 0.6) is 0 Å². The summed E-state index contributed by atoms with van der Waals surface area (Å²) in [6.07, 6.45) is 11.1. The molecule has 1 N–H and O–H groups in total. The van der Waals surface area contributed by atoms with Crippen LogP contribution in [0.2, 0.25) is 0 Å². The summed E-state index contributed by atoms with van der Waals surface area (Å²) in [5.41, 5.74) is 5.92. The van der Waals surface area contributed by atoms with Crippen molar-refractivity contribution in [3.63, 3.8) is 0 Å². The number of nitrogens with zero attached hydrogens (tertiary/aromatic N) is 3. The Kier molecular flexibility index (Phi) is 5.72. The lowest BCUT2D eigenvalue weighted by Gasteiger charge is -2.30. The van der Waals surface area contributed by atoms with Gasteiger partial charge in [-0.25, -0.2) is 14.8 Å². The number of carbonyl (C=O) groups excluding carboxylic acids is 1. The summed E-state index contributed by atoms with van der Waals surface area (Å²) in [4.78, 5) is 24.3. The Bertz CT molecular complexity index is 997. The highest BCUT2D eigenvalue weighted by atomic mass is 16.5. The second-order valence-electron chi connectivity index (χ2n) is 8.93. The molecule has 1 aromatic carbocycles. The molecule has 6 nitrogen and oxygen atoms in total. The molecule has 0 spiro atoms. The number of amides is 2. The largest absolute Gasteiger partial charge is 0.381 e. The van der Waals surface area contributed by atoms with Crippen LogP contribution >= 0.6 is 0 Å². The second-order valence-corrected chi connectivity index (χ2v) is 8.93. The Balaban J connectivity index is 1.22. The van der Waals surface area contributed by atoms with Crippen molar-refractivity contribution < 1.29 is 9.53 Å². The van der Waals surface area contributed by atoms with Gasteiger partial charge in [0.25, 0.3) is 0 Å². The normalized spacial score (nSPS) is 19.1. The molecule has 1 atom stereocenters. The van der Waals surface area contributed by atoms with Crippen molar-refractivity contribution in [3.8, 4) is 0 Å². The number of hydrogen-bond donors (Lipinski definition) is 1. The van der Waals surface area contributed by atoms with Gasteiger partial charge in [0.1, 0.15) is 5.82 Å². The summed E-state index contributed by atoms with van der Waals surface area (Å²) in [6, 6.07) is 6.41. The zero-order valence-electron chi connectivity index (χ0n) is 18.1. The van der Waals surface area contributed by atoms with Gasteiger partial charge in [-0.1, -0.05) is 30.4 Å². The van der Waals surface area contributed by atoms with E-state index in [-0.39, 0.29) is 12.1 Å². The highest BCUT2D eigenvalue weighted by Gasteiger charge is 2.25. The number of ether oxygens (including phenoxy) is 1. The lowest BCUT2D eigenvalue weighted by Crippen LogP contribution is -2.44. The number of fused-ring (bicyclic) bond motifs is 2. The van der Waals surface area contributed by atoms with Crippen LogP contribution in [0, 0.1) is 5.92 Å². The third-order valence-corrected chi connectivity index (χ3v) is 6.74. The maximum atomic E-state index is 13.0. The quantitative estimate of drug-likeness (QED) is 0.819.